The third-order valence-corrected chi connectivity index (χ3v) is 6.36. The molecule has 1 amide bonds. The van der Waals surface area contributed by atoms with Crippen LogP contribution in [0.5, 0.6) is 0 Å². The van der Waals surface area contributed by atoms with Gasteiger partial charge in [0, 0.05) is 39.1 Å². The van der Waals surface area contributed by atoms with Gasteiger partial charge in [-0.05, 0) is 30.2 Å². The molecule has 138 valence electrons. The van der Waals surface area contributed by atoms with Crippen molar-refractivity contribution in [1.29, 1.82) is 0 Å². The van der Waals surface area contributed by atoms with Crippen molar-refractivity contribution in [3.63, 3.8) is 0 Å². The van der Waals surface area contributed by atoms with E-state index in [0.717, 1.165) is 32.9 Å². The van der Waals surface area contributed by atoms with Gasteiger partial charge in [-0.15, -0.1) is 11.3 Å². The summed E-state index contributed by atoms with van der Waals surface area (Å²) in [6, 6.07) is 17.9. The molecule has 0 aliphatic carbocycles. The van der Waals surface area contributed by atoms with E-state index in [2.05, 4.69) is 27.4 Å². The number of benzene rings is 2. The highest BCUT2D eigenvalue weighted by Gasteiger charge is 2.15. The first kappa shape index (κ1) is 17.2. The highest BCUT2D eigenvalue weighted by atomic mass is 35.5. The average Bonchev–Trinajstić information content (AvgIpc) is 3.34. The van der Waals surface area contributed by atoms with Crippen molar-refractivity contribution in [3.8, 4) is 0 Å². The molecule has 0 atom stereocenters. The third-order valence-electron chi connectivity index (χ3n) is 4.90. The molecule has 5 rings (SSSR count). The molecule has 6 heteroatoms. The minimum absolute atomic E-state index is 0.0822. The zero-order valence-corrected chi connectivity index (χ0v) is 16.4. The van der Waals surface area contributed by atoms with Crippen LogP contribution >= 0.6 is 22.9 Å². The first-order valence-electron chi connectivity index (χ1n) is 9.02. The first-order valence-corrected chi connectivity index (χ1v) is 10.2. The maximum Gasteiger partial charge on any atom is 0.261 e. The fourth-order valence-electron chi connectivity index (χ4n) is 3.52. The highest BCUT2D eigenvalue weighted by Crippen LogP contribution is 2.35. The predicted octanol–water partition coefficient (Wildman–Crippen LogP) is 5.56. The van der Waals surface area contributed by atoms with Crippen LogP contribution in [0.15, 0.2) is 60.8 Å². The van der Waals surface area contributed by atoms with E-state index in [1.807, 2.05) is 48.7 Å². The Morgan fingerprint density at radius 3 is 2.75 bits per heavy atom. The Labute approximate surface area is 170 Å². The molecule has 0 fully saturated rings. The fourth-order valence-corrected chi connectivity index (χ4v) is 4.93. The number of H-pyrrole nitrogens is 1. The van der Waals surface area contributed by atoms with E-state index in [0.29, 0.717) is 16.6 Å². The lowest BCUT2D eigenvalue weighted by molar-refractivity contribution is 0.0958. The van der Waals surface area contributed by atoms with Crippen molar-refractivity contribution in [3.05, 3.63) is 76.4 Å². The second kappa shape index (κ2) is 6.93. The minimum atomic E-state index is -0.0822. The van der Waals surface area contributed by atoms with Gasteiger partial charge in [-0.1, -0.05) is 48.0 Å². The number of hydrogen-bond donors (Lipinski definition) is 2. The van der Waals surface area contributed by atoms with Crippen LogP contribution in [0.4, 0.5) is 0 Å². The molecule has 0 bridgehead atoms. The van der Waals surface area contributed by atoms with Crippen LogP contribution in [0.3, 0.4) is 0 Å². The van der Waals surface area contributed by atoms with E-state index in [4.69, 9.17) is 11.6 Å². The maximum atomic E-state index is 12.7. The number of nitrogens with zero attached hydrogens (tertiary/aromatic N) is 1. The Morgan fingerprint density at radius 1 is 1.07 bits per heavy atom. The number of aromatic amines is 1. The van der Waals surface area contributed by atoms with Crippen LogP contribution in [-0.4, -0.2) is 22.4 Å². The molecule has 2 N–H and O–H groups in total. The summed E-state index contributed by atoms with van der Waals surface area (Å²) in [5.41, 5.74) is 3.15. The average molecular weight is 406 g/mol. The second-order valence-electron chi connectivity index (χ2n) is 6.64. The number of carbonyl (C=O) groups is 1. The number of halogens is 1. The summed E-state index contributed by atoms with van der Waals surface area (Å²) in [6.07, 6.45) is 2.78. The molecular formula is C22H16ClN3OS. The molecule has 2 aromatic carbocycles. The van der Waals surface area contributed by atoms with Crippen LogP contribution < -0.4 is 5.32 Å². The van der Waals surface area contributed by atoms with Gasteiger partial charge < -0.3 is 10.3 Å². The number of carbonyl (C=O) groups excluding carboxylic acids is 1. The number of pyridine rings is 1. The van der Waals surface area contributed by atoms with Gasteiger partial charge in [0.25, 0.3) is 5.91 Å². The van der Waals surface area contributed by atoms with Gasteiger partial charge in [0.1, 0.15) is 5.15 Å². The van der Waals surface area contributed by atoms with Crippen LogP contribution in [0.25, 0.3) is 31.9 Å². The second-order valence-corrected chi connectivity index (χ2v) is 8.05. The number of thiophene rings is 1. The van der Waals surface area contributed by atoms with Gasteiger partial charge >= 0.3 is 0 Å². The largest absolute Gasteiger partial charge is 0.361 e. The smallest absolute Gasteiger partial charge is 0.261 e. The molecule has 3 aromatic heterocycles. The summed E-state index contributed by atoms with van der Waals surface area (Å²) in [7, 11) is 0. The Kier molecular flexibility index (Phi) is 4.26. The molecule has 28 heavy (non-hydrogen) atoms. The number of hydrogen-bond acceptors (Lipinski definition) is 3. The molecular weight excluding hydrogens is 390 g/mol. The molecule has 4 nitrogen and oxygen atoms in total. The Hall–Kier alpha value is -2.89. The number of rotatable bonds is 4. The maximum absolute atomic E-state index is 12.7. The molecule has 0 unspecified atom stereocenters. The van der Waals surface area contributed by atoms with Gasteiger partial charge in [0.15, 0.2) is 0 Å². The van der Waals surface area contributed by atoms with Gasteiger partial charge in [0.2, 0.25) is 0 Å². The topological polar surface area (TPSA) is 57.8 Å². The van der Waals surface area contributed by atoms with E-state index >= 15 is 0 Å². The zero-order valence-electron chi connectivity index (χ0n) is 14.8. The zero-order chi connectivity index (χ0) is 19.1. The van der Waals surface area contributed by atoms with Crippen molar-refractivity contribution in [2.24, 2.45) is 0 Å². The summed E-state index contributed by atoms with van der Waals surface area (Å²) in [5, 5.41) is 6.50. The van der Waals surface area contributed by atoms with Crippen LogP contribution in [0.1, 0.15) is 15.2 Å². The number of nitrogens with one attached hydrogen (secondary N) is 2. The molecule has 0 radical (unpaired) electrons. The summed E-state index contributed by atoms with van der Waals surface area (Å²) in [5.74, 6) is -0.0822. The Bertz CT molecular complexity index is 1340. The van der Waals surface area contributed by atoms with Gasteiger partial charge in [-0.2, -0.15) is 0 Å². The fraction of sp³-hybridized carbons (Fsp3) is 0.0909. The summed E-state index contributed by atoms with van der Waals surface area (Å²) >= 11 is 7.80. The van der Waals surface area contributed by atoms with E-state index < -0.39 is 0 Å². The van der Waals surface area contributed by atoms with Gasteiger partial charge in [-0.25, -0.2) is 4.98 Å². The molecule has 3 heterocycles. The van der Waals surface area contributed by atoms with Crippen LogP contribution in [0, 0.1) is 0 Å². The lowest BCUT2D eigenvalue weighted by atomic mass is 10.1. The SMILES string of the molecule is O=C(NCCc1c[nH]c2ccccc12)c1cc2c(Cl)nc3ccccc3c2s1. The molecule has 0 saturated heterocycles. The van der Waals surface area contributed by atoms with E-state index in [1.54, 1.807) is 0 Å². The normalized spacial score (nSPS) is 11.5. The summed E-state index contributed by atoms with van der Waals surface area (Å²) < 4.78 is 0.998. The standard InChI is InChI=1S/C22H16ClN3OS/c23-21-16-11-19(28-20(16)15-6-2-4-8-18(15)26-21)22(27)24-10-9-13-12-25-17-7-3-1-5-14(13)17/h1-8,11-12,25H,9-10H2,(H,24,27). The third kappa shape index (κ3) is 2.93. The first-order chi connectivity index (χ1) is 13.7. The predicted molar refractivity (Wildman–Crippen MR) is 116 cm³/mol. The van der Waals surface area contributed by atoms with E-state index in [-0.39, 0.29) is 5.91 Å². The Balaban J connectivity index is 1.37. The number of para-hydroxylation sites is 2. The number of aromatic nitrogens is 2. The Morgan fingerprint density at radius 2 is 1.86 bits per heavy atom. The molecule has 0 saturated carbocycles. The number of amides is 1. The lowest BCUT2D eigenvalue weighted by Gasteiger charge is -2.03. The lowest BCUT2D eigenvalue weighted by Crippen LogP contribution is -2.24. The van der Waals surface area contributed by atoms with E-state index in [1.165, 1.54) is 22.3 Å². The van der Waals surface area contributed by atoms with Crippen LogP contribution in [-0.2, 0) is 6.42 Å². The van der Waals surface area contributed by atoms with Crippen molar-refractivity contribution >= 4 is 60.7 Å². The molecule has 5 aromatic rings. The van der Waals surface area contributed by atoms with Gasteiger partial charge in [-0.3, -0.25) is 4.79 Å². The van der Waals surface area contributed by atoms with Gasteiger partial charge in [0.05, 0.1) is 10.4 Å². The van der Waals surface area contributed by atoms with Crippen molar-refractivity contribution < 1.29 is 4.79 Å². The quantitative estimate of drug-likeness (QED) is 0.385. The minimum Gasteiger partial charge on any atom is -0.361 e. The van der Waals surface area contributed by atoms with E-state index in [9.17, 15) is 4.79 Å². The monoisotopic (exact) mass is 405 g/mol. The van der Waals surface area contributed by atoms with Crippen molar-refractivity contribution in [2.75, 3.05) is 6.54 Å². The molecule has 0 aliphatic rings. The molecule has 0 spiro atoms. The van der Waals surface area contributed by atoms with Crippen molar-refractivity contribution in [2.45, 2.75) is 6.42 Å². The highest BCUT2D eigenvalue weighted by molar-refractivity contribution is 7.21. The summed E-state index contributed by atoms with van der Waals surface area (Å²) in [4.78, 5) is 21.0. The van der Waals surface area contributed by atoms with Crippen molar-refractivity contribution in [1.82, 2.24) is 15.3 Å². The van der Waals surface area contributed by atoms with Crippen LogP contribution in [0.2, 0.25) is 5.15 Å². The molecule has 0 aliphatic heterocycles. The number of fused-ring (bicyclic) bond motifs is 4. The summed E-state index contributed by atoms with van der Waals surface area (Å²) in [6.45, 7) is 0.571.